The van der Waals surface area contributed by atoms with Gasteiger partial charge in [0.15, 0.2) is 5.69 Å². The Kier molecular flexibility index (Phi) is 4.13. The molecule has 0 aliphatic carbocycles. The second-order valence-electron chi connectivity index (χ2n) is 5.87. The van der Waals surface area contributed by atoms with E-state index in [1.165, 1.54) is 16.7 Å². The molecule has 3 heterocycles. The lowest BCUT2D eigenvalue weighted by molar-refractivity contribution is -0.0229. The number of thiazole rings is 1. The summed E-state index contributed by atoms with van der Waals surface area (Å²) in [7, 11) is 1.77. The largest absolute Gasteiger partial charge is 0.476 e. The number of nitrogens with zero attached hydrogens (tertiary/aromatic N) is 5. The van der Waals surface area contributed by atoms with Crippen LogP contribution in [0.2, 0.25) is 0 Å². The Morgan fingerprint density at radius 1 is 1.38 bits per heavy atom. The highest BCUT2D eigenvalue weighted by Crippen LogP contribution is 2.27. The Labute approximate surface area is 151 Å². The number of fused-ring (bicyclic) bond motifs is 1. The van der Waals surface area contributed by atoms with Gasteiger partial charge in [-0.25, -0.2) is 14.5 Å². The summed E-state index contributed by atoms with van der Waals surface area (Å²) in [6.45, 7) is 1.11. The van der Waals surface area contributed by atoms with Gasteiger partial charge in [0, 0.05) is 19.0 Å². The summed E-state index contributed by atoms with van der Waals surface area (Å²) < 4.78 is 7.32. The minimum Gasteiger partial charge on any atom is -0.476 e. The molecule has 4 rings (SSSR count). The summed E-state index contributed by atoms with van der Waals surface area (Å²) in [6, 6.07) is 5.39. The molecule has 3 aromatic rings. The number of morpholine rings is 1. The predicted molar refractivity (Wildman–Crippen MR) is 92.2 cm³/mol. The molecule has 1 aromatic carbocycles. The van der Waals surface area contributed by atoms with Gasteiger partial charge < -0.3 is 14.7 Å². The van der Waals surface area contributed by atoms with Crippen LogP contribution in [0.4, 0.5) is 0 Å². The lowest BCUT2D eigenvalue weighted by atomic mass is 10.1. The van der Waals surface area contributed by atoms with Crippen molar-refractivity contribution in [3.05, 3.63) is 39.8 Å². The van der Waals surface area contributed by atoms with E-state index < -0.39 is 12.1 Å². The number of ether oxygens (including phenoxy) is 1. The van der Waals surface area contributed by atoms with Gasteiger partial charge in [-0.2, -0.15) is 0 Å². The molecule has 9 nitrogen and oxygen atoms in total. The highest BCUT2D eigenvalue weighted by molar-refractivity contribution is 7.09. The van der Waals surface area contributed by atoms with E-state index in [1.54, 1.807) is 28.8 Å². The zero-order chi connectivity index (χ0) is 18.3. The van der Waals surface area contributed by atoms with Crippen molar-refractivity contribution in [2.75, 3.05) is 19.7 Å². The molecule has 1 fully saturated rings. The Bertz CT molecular complexity index is 998. The molecule has 1 atom stereocenters. The van der Waals surface area contributed by atoms with E-state index in [1.807, 2.05) is 6.07 Å². The van der Waals surface area contributed by atoms with Crippen LogP contribution in [0.25, 0.3) is 11.0 Å². The highest BCUT2D eigenvalue weighted by atomic mass is 32.1. The average Bonchev–Trinajstić information content (AvgIpc) is 3.29. The Morgan fingerprint density at radius 2 is 2.23 bits per heavy atom. The van der Waals surface area contributed by atoms with E-state index in [-0.39, 0.29) is 11.6 Å². The number of rotatable bonds is 3. The van der Waals surface area contributed by atoms with Gasteiger partial charge in [0.1, 0.15) is 16.6 Å². The zero-order valence-electron chi connectivity index (χ0n) is 13.8. The fraction of sp³-hybridized carbons (Fsp3) is 0.312. The van der Waals surface area contributed by atoms with E-state index in [9.17, 15) is 9.59 Å². The van der Waals surface area contributed by atoms with Gasteiger partial charge in [-0.05, 0) is 12.1 Å². The summed E-state index contributed by atoms with van der Waals surface area (Å²) in [5, 5.41) is 19.1. The van der Waals surface area contributed by atoms with Crippen LogP contribution in [0.3, 0.4) is 0 Å². The summed E-state index contributed by atoms with van der Waals surface area (Å²) in [5.74, 6) is -1.23. The third-order valence-corrected chi connectivity index (χ3v) is 5.18. The zero-order valence-corrected chi connectivity index (χ0v) is 14.6. The number of hydrogen-bond donors (Lipinski definition) is 1. The Hall–Kier alpha value is -2.85. The number of carbonyl (C=O) groups excluding carboxylic acids is 1. The van der Waals surface area contributed by atoms with Crippen molar-refractivity contribution in [3.63, 3.8) is 0 Å². The third kappa shape index (κ3) is 2.82. The summed E-state index contributed by atoms with van der Waals surface area (Å²) >= 11 is 1.22. The van der Waals surface area contributed by atoms with Crippen molar-refractivity contribution in [2.24, 2.45) is 7.05 Å². The number of carboxylic acids is 1. The molecule has 1 saturated heterocycles. The second kappa shape index (κ2) is 6.46. The molecular weight excluding hydrogens is 358 g/mol. The van der Waals surface area contributed by atoms with Crippen LogP contribution in [-0.2, 0) is 11.8 Å². The molecule has 1 amide bonds. The van der Waals surface area contributed by atoms with Crippen molar-refractivity contribution in [2.45, 2.75) is 6.10 Å². The quantitative estimate of drug-likeness (QED) is 0.737. The van der Waals surface area contributed by atoms with Gasteiger partial charge in [-0.15, -0.1) is 16.4 Å². The van der Waals surface area contributed by atoms with E-state index >= 15 is 0 Å². The van der Waals surface area contributed by atoms with Crippen LogP contribution >= 0.6 is 11.3 Å². The molecule has 1 N–H and O–H groups in total. The van der Waals surface area contributed by atoms with Gasteiger partial charge >= 0.3 is 5.97 Å². The second-order valence-corrected chi connectivity index (χ2v) is 6.76. The van der Waals surface area contributed by atoms with Gasteiger partial charge in [0.2, 0.25) is 0 Å². The smallest absolute Gasteiger partial charge is 0.355 e. The molecule has 0 radical (unpaired) electrons. The van der Waals surface area contributed by atoms with Crippen molar-refractivity contribution in [1.29, 1.82) is 0 Å². The maximum absolute atomic E-state index is 13.0. The fourth-order valence-corrected chi connectivity index (χ4v) is 3.75. The molecule has 0 bridgehead atoms. The topological polar surface area (TPSA) is 110 Å². The highest BCUT2D eigenvalue weighted by Gasteiger charge is 2.29. The molecule has 0 saturated carbocycles. The number of amides is 1. The van der Waals surface area contributed by atoms with Gasteiger partial charge in [-0.1, -0.05) is 11.3 Å². The van der Waals surface area contributed by atoms with Crippen LogP contribution < -0.4 is 0 Å². The molecule has 1 unspecified atom stereocenters. The van der Waals surface area contributed by atoms with Crippen LogP contribution in [0, 0.1) is 0 Å². The minimum absolute atomic E-state index is 0.0126. The van der Waals surface area contributed by atoms with Crippen LogP contribution in [-0.4, -0.2) is 61.6 Å². The molecule has 134 valence electrons. The number of aromatic carboxylic acids is 1. The van der Waals surface area contributed by atoms with Crippen LogP contribution in [0.1, 0.15) is 32.0 Å². The van der Waals surface area contributed by atoms with Gasteiger partial charge in [0.05, 0.1) is 24.2 Å². The number of aromatic nitrogens is 4. The average molecular weight is 373 g/mol. The Balaban J connectivity index is 1.58. The lowest BCUT2D eigenvalue weighted by Gasteiger charge is -2.32. The minimum atomic E-state index is -1.08. The van der Waals surface area contributed by atoms with Crippen molar-refractivity contribution >= 4 is 34.2 Å². The summed E-state index contributed by atoms with van der Waals surface area (Å²) in [4.78, 5) is 29.8. The third-order valence-electron chi connectivity index (χ3n) is 4.24. The van der Waals surface area contributed by atoms with E-state index in [0.29, 0.717) is 35.8 Å². The van der Waals surface area contributed by atoms with E-state index in [0.717, 1.165) is 5.52 Å². The van der Waals surface area contributed by atoms with Crippen molar-refractivity contribution in [3.8, 4) is 0 Å². The van der Waals surface area contributed by atoms with Crippen LogP contribution in [0.15, 0.2) is 23.6 Å². The van der Waals surface area contributed by atoms with E-state index in [2.05, 4.69) is 15.3 Å². The fourth-order valence-electron chi connectivity index (χ4n) is 2.92. The molecule has 2 aromatic heterocycles. The van der Waals surface area contributed by atoms with E-state index in [4.69, 9.17) is 9.84 Å². The maximum Gasteiger partial charge on any atom is 0.355 e. The van der Waals surface area contributed by atoms with Gasteiger partial charge in [-0.3, -0.25) is 4.79 Å². The normalized spacial score (nSPS) is 17.6. The number of carboxylic acid groups (broad SMARTS) is 1. The summed E-state index contributed by atoms with van der Waals surface area (Å²) in [6.07, 6.45) is -0.438. The lowest BCUT2D eigenvalue weighted by Crippen LogP contribution is -2.42. The van der Waals surface area contributed by atoms with Crippen LogP contribution in [0.5, 0.6) is 0 Å². The SMILES string of the molecule is Cn1nnc2c(C(=O)N3CCOC(c4nc(C(=O)O)cs4)C3)cccc21. The standard InChI is InChI=1S/C16H15N5O4S/c1-20-11-4-2-3-9(13(11)18-19-20)15(22)21-5-6-25-12(7-21)14-17-10(8-26-14)16(23)24/h2-4,8,12H,5-7H2,1H3,(H,23,24). The molecule has 1 aliphatic heterocycles. The molecule has 0 spiro atoms. The van der Waals surface area contributed by atoms with Crippen molar-refractivity contribution in [1.82, 2.24) is 24.9 Å². The first kappa shape index (κ1) is 16.6. The summed E-state index contributed by atoms with van der Waals surface area (Å²) in [5.41, 5.74) is 1.82. The maximum atomic E-state index is 13.0. The number of carbonyl (C=O) groups is 2. The number of aryl methyl sites for hydroxylation is 1. The first-order chi connectivity index (χ1) is 12.5. The molecule has 10 heteroatoms. The first-order valence-electron chi connectivity index (χ1n) is 7.92. The molecule has 1 aliphatic rings. The number of hydrogen-bond acceptors (Lipinski definition) is 7. The Morgan fingerprint density at radius 3 is 3.00 bits per heavy atom. The van der Waals surface area contributed by atoms with Crippen molar-refractivity contribution < 1.29 is 19.4 Å². The first-order valence-corrected chi connectivity index (χ1v) is 8.80. The molecular formula is C16H15N5O4S. The van der Waals surface area contributed by atoms with Gasteiger partial charge in [0.25, 0.3) is 5.91 Å². The predicted octanol–water partition coefficient (Wildman–Crippen LogP) is 1.34. The number of benzene rings is 1. The molecule has 26 heavy (non-hydrogen) atoms. The monoisotopic (exact) mass is 373 g/mol.